The third-order valence-electron chi connectivity index (χ3n) is 6.83. The predicted octanol–water partition coefficient (Wildman–Crippen LogP) is 2.58. The lowest BCUT2D eigenvalue weighted by Crippen LogP contribution is -2.44. The van der Waals surface area contributed by atoms with Crippen LogP contribution in [0.3, 0.4) is 0 Å². The number of aromatic hydroxyl groups is 1. The van der Waals surface area contributed by atoms with Crippen LogP contribution in [0.5, 0.6) is 5.75 Å². The maximum Gasteiger partial charge on any atom is 0.296 e. The van der Waals surface area contributed by atoms with Crippen LogP contribution >= 0.6 is 0 Å². The molecule has 2 amide bonds. The number of amides is 2. The first-order valence-electron chi connectivity index (χ1n) is 11.4. The van der Waals surface area contributed by atoms with Gasteiger partial charge in [0.15, 0.2) is 5.69 Å². The first kappa shape index (κ1) is 23.9. The van der Waals surface area contributed by atoms with E-state index >= 15 is 0 Å². The van der Waals surface area contributed by atoms with Crippen molar-refractivity contribution in [2.24, 2.45) is 0 Å². The molecule has 0 saturated carbocycles. The predicted molar refractivity (Wildman–Crippen MR) is 122 cm³/mol. The number of anilines is 1. The molecule has 4 rings (SSSR count). The largest absolute Gasteiger partial charge is 0.501 e. The van der Waals surface area contributed by atoms with Crippen molar-refractivity contribution in [2.45, 2.75) is 71.2 Å². The third kappa shape index (κ3) is 3.96. The Hall–Kier alpha value is -3.27. The van der Waals surface area contributed by atoms with E-state index in [1.165, 1.54) is 22.8 Å². The van der Waals surface area contributed by atoms with E-state index in [4.69, 9.17) is 4.74 Å². The number of carbonyl (C=O) groups is 2. The summed E-state index contributed by atoms with van der Waals surface area (Å²) in [5.41, 5.74) is -1.57. The number of ether oxygens (including phenoxy) is 1. The van der Waals surface area contributed by atoms with Crippen LogP contribution in [-0.4, -0.2) is 38.6 Å². The summed E-state index contributed by atoms with van der Waals surface area (Å²) >= 11 is 0. The summed E-state index contributed by atoms with van der Waals surface area (Å²) in [5, 5.41) is 13.0. The number of aromatic nitrogens is 2. The zero-order valence-corrected chi connectivity index (χ0v) is 19.8. The van der Waals surface area contributed by atoms with Gasteiger partial charge in [0.05, 0.1) is 18.8 Å². The van der Waals surface area contributed by atoms with E-state index in [0.717, 1.165) is 0 Å². The van der Waals surface area contributed by atoms with Gasteiger partial charge in [-0.25, -0.2) is 9.37 Å². The van der Waals surface area contributed by atoms with Gasteiger partial charge >= 0.3 is 0 Å². The minimum atomic E-state index is -0.912. The number of fused-ring (bicyclic) bond motifs is 1. The Morgan fingerprint density at radius 2 is 2.03 bits per heavy atom. The van der Waals surface area contributed by atoms with Crippen LogP contribution < -0.4 is 15.8 Å². The normalized spacial score (nSPS) is 21.4. The fourth-order valence-corrected chi connectivity index (χ4v) is 4.64. The van der Waals surface area contributed by atoms with Gasteiger partial charge in [0.1, 0.15) is 17.2 Å². The molecule has 1 aromatic carbocycles. The zero-order valence-electron chi connectivity index (χ0n) is 19.8. The zero-order chi connectivity index (χ0) is 24.8. The van der Waals surface area contributed by atoms with E-state index in [9.17, 15) is 23.9 Å². The molecule has 0 unspecified atom stereocenters. The molecule has 1 saturated heterocycles. The Bertz CT molecular complexity index is 1220. The highest BCUT2D eigenvalue weighted by atomic mass is 19.1. The summed E-state index contributed by atoms with van der Waals surface area (Å²) in [6, 6.07) is 4.06. The average molecular weight is 473 g/mol. The van der Waals surface area contributed by atoms with Gasteiger partial charge in [0, 0.05) is 18.5 Å². The van der Waals surface area contributed by atoms with Crippen LogP contribution in [0.4, 0.5) is 10.1 Å². The van der Waals surface area contributed by atoms with Gasteiger partial charge in [-0.2, -0.15) is 0 Å². The van der Waals surface area contributed by atoms with Crippen molar-refractivity contribution in [3.8, 4) is 5.75 Å². The Morgan fingerprint density at radius 3 is 2.74 bits per heavy atom. The van der Waals surface area contributed by atoms with Crippen LogP contribution in [0.1, 0.15) is 68.8 Å². The van der Waals surface area contributed by atoms with Crippen molar-refractivity contribution in [2.75, 3.05) is 11.5 Å². The molecule has 182 valence electrons. The summed E-state index contributed by atoms with van der Waals surface area (Å²) in [4.78, 5) is 44.2. The van der Waals surface area contributed by atoms with Crippen molar-refractivity contribution in [1.82, 2.24) is 14.9 Å². The number of halogens is 1. The van der Waals surface area contributed by atoms with Gasteiger partial charge in [-0.3, -0.25) is 19.0 Å². The smallest absolute Gasteiger partial charge is 0.296 e. The molecule has 2 aliphatic heterocycles. The topological polar surface area (TPSA) is 114 Å². The minimum absolute atomic E-state index is 0.0581. The maximum atomic E-state index is 14.2. The molecule has 0 bridgehead atoms. The lowest BCUT2D eigenvalue weighted by atomic mass is 9.94. The second kappa shape index (κ2) is 8.50. The first-order valence-corrected chi connectivity index (χ1v) is 11.4. The Morgan fingerprint density at radius 1 is 1.29 bits per heavy atom. The summed E-state index contributed by atoms with van der Waals surface area (Å²) in [7, 11) is 0. The fourth-order valence-electron chi connectivity index (χ4n) is 4.64. The second-order valence-corrected chi connectivity index (χ2v) is 9.48. The number of hydrogen-bond acceptors (Lipinski definition) is 6. The molecule has 1 aromatic heterocycles. The van der Waals surface area contributed by atoms with Gasteiger partial charge in [0.25, 0.3) is 11.5 Å². The van der Waals surface area contributed by atoms with E-state index in [2.05, 4.69) is 10.3 Å². The van der Waals surface area contributed by atoms with Gasteiger partial charge in [0.2, 0.25) is 11.7 Å². The molecule has 1 fully saturated rings. The lowest BCUT2D eigenvalue weighted by Gasteiger charge is -2.36. The number of rotatable bonds is 5. The summed E-state index contributed by atoms with van der Waals surface area (Å²) < 4.78 is 21.1. The summed E-state index contributed by atoms with van der Waals surface area (Å²) in [5.74, 6) is -1.86. The fraction of sp³-hybridized carbons (Fsp3) is 0.500. The number of carbonyl (C=O) groups excluding carboxylic acids is 2. The van der Waals surface area contributed by atoms with E-state index in [-0.39, 0.29) is 31.4 Å². The molecule has 0 spiro atoms. The molecular formula is C24H29FN4O5. The lowest BCUT2D eigenvalue weighted by molar-refractivity contribution is -0.117. The number of hydrogen-bond donors (Lipinski definition) is 2. The van der Waals surface area contributed by atoms with Crippen LogP contribution in [0.2, 0.25) is 0 Å². The van der Waals surface area contributed by atoms with Crippen LogP contribution in [-0.2, 0) is 28.2 Å². The monoisotopic (exact) mass is 472 g/mol. The average Bonchev–Trinajstić information content (AvgIpc) is 3.09. The van der Waals surface area contributed by atoms with Crippen LogP contribution in [0.15, 0.2) is 23.0 Å². The molecule has 3 heterocycles. The third-order valence-corrected chi connectivity index (χ3v) is 6.83. The van der Waals surface area contributed by atoms with Crippen LogP contribution in [0, 0.1) is 5.82 Å². The molecule has 10 heteroatoms. The highest BCUT2D eigenvalue weighted by Gasteiger charge is 2.42. The van der Waals surface area contributed by atoms with Gasteiger partial charge < -0.3 is 20.1 Å². The molecule has 2 aliphatic rings. The number of benzene rings is 1. The summed E-state index contributed by atoms with van der Waals surface area (Å²) in [6.45, 7) is 7.83. The van der Waals surface area contributed by atoms with Crippen molar-refractivity contribution >= 4 is 17.5 Å². The molecule has 2 N–H and O–H groups in total. The molecule has 0 radical (unpaired) electrons. The quantitative estimate of drug-likeness (QED) is 0.692. The summed E-state index contributed by atoms with van der Waals surface area (Å²) in [6.07, 6.45) is 1.70. The first-order chi connectivity index (χ1) is 16.0. The Labute approximate surface area is 196 Å². The SMILES string of the molecule is CC[C@@]1(C)CCC(=O)N1c1cc(F)ccc1CNC(=O)c1nc2n(c(=O)c1O)CCOC2(C)C. The van der Waals surface area contributed by atoms with Gasteiger partial charge in [-0.05, 0) is 51.3 Å². The molecule has 1 atom stereocenters. The highest BCUT2D eigenvalue weighted by molar-refractivity contribution is 5.98. The van der Waals surface area contributed by atoms with E-state index in [1.54, 1.807) is 18.7 Å². The maximum absolute atomic E-state index is 14.2. The van der Waals surface area contributed by atoms with Crippen LogP contribution in [0.25, 0.3) is 0 Å². The Kier molecular flexibility index (Phi) is 5.97. The molecule has 9 nitrogen and oxygen atoms in total. The molecule has 2 aromatic rings. The highest BCUT2D eigenvalue weighted by Crippen LogP contribution is 2.39. The van der Waals surface area contributed by atoms with Gasteiger partial charge in [-0.15, -0.1) is 0 Å². The second-order valence-electron chi connectivity index (χ2n) is 9.48. The number of nitrogens with zero attached hydrogens (tertiary/aromatic N) is 3. The van der Waals surface area contributed by atoms with Crippen molar-refractivity contribution < 1.29 is 23.8 Å². The minimum Gasteiger partial charge on any atom is -0.501 e. The van der Waals surface area contributed by atoms with Crippen molar-refractivity contribution in [3.05, 3.63) is 51.5 Å². The molecular weight excluding hydrogens is 443 g/mol. The molecule has 0 aliphatic carbocycles. The number of nitrogens with one attached hydrogen (secondary N) is 1. The van der Waals surface area contributed by atoms with E-state index < -0.39 is 39.9 Å². The van der Waals surface area contributed by atoms with Crippen molar-refractivity contribution in [1.29, 1.82) is 0 Å². The molecule has 34 heavy (non-hydrogen) atoms. The van der Waals surface area contributed by atoms with E-state index in [0.29, 0.717) is 30.5 Å². The Balaban J connectivity index is 1.65. The van der Waals surface area contributed by atoms with Gasteiger partial charge in [-0.1, -0.05) is 13.0 Å². The van der Waals surface area contributed by atoms with Crippen molar-refractivity contribution in [3.63, 3.8) is 0 Å². The standard InChI is InChI=1S/C24H29FN4O5/c1-5-24(4)9-8-17(30)29(24)16-12-15(25)7-6-14(16)13-26-20(32)18-19(31)21(33)28-10-11-34-23(2,3)22(28)27-18/h6-7,12,31H,5,8-11,13H2,1-4H3,(H,26,32)/t24-/m0/s1. The van der Waals surface area contributed by atoms with E-state index in [1.807, 2.05) is 13.8 Å².